The normalized spacial score (nSPS) is 20.7. The van der Waals surface area contributed by atoms with Crippen LogP contribution >= 0.6 is 0 Å². The van der Waals surface area contributed by atoms with Crippen LogP contribution in [0.1, 0.15) is 12.0 Å². The molecule has 0 amide bonds. The molecule has 1 aromatic carbocycles. The van der Waals surface area contributed by atoms with Crippen molar-refractivity contribution in [1.82, 2.24) is 15.5 Å². The molecular formula is C14H21F2N3. The maximum Gasteiger partial charge on any atom is 0.127 e. The van der Waals surface area contributed by atoms with Gasteiger partial charge in [-0.2, -0.15) is 0 Å². The van der Waals surface area contributed by atoms with Gasteiger partial charge in [0.25, 0.3) is 0 Å². The minimum absolute atomic E-state index is 0.356. The Labute approximate surface area is 113 Å². The third kappa shape index (κ3) is 4.23. The molecule has 1 aliphatic heterocycles. The van der Waals surface area contributed by atoms with Crippen LogP contribution in [-0.4, -0.2) is 44.2 Å². The van der Waals surface area contributed by atoms with Crippen molar-refractivity contribution >= 4 is 0 Å². The van der Waals surface area contributed by atoms with Crippen molar-refractivity contribution in [3.8, 4) is 0 Å². The molecule has 0 aliphatic carbocycles. The molecule has 0 radical (unpaired) electrons. The summed E-state index contributed by atoms with van der Waals surface area (Å²) in [6.45, 7) is 4.25. The Morgan fingerprint density at radius 1 is 1.42 bits per heavy atom. The van der Waals surface area contributed by atoms with E-state index in [1.165, 1.54) is 12.1 Å². The van der Waals surface area contributed by atoms with E-state index in [9.17, 15) is 8.78 Å². The first kappa shape index (κ1) is 14.4. The van der Waals surface area contributed by atoms with E-state index in [1.807, 2.05) is 0 Å². The largest absolute Gasteiger partial charge is 0.314 e. The number of rotatable bonds is 5. The van der Waals surface area contributed by atoms with Gasteiger partial charge in [0.05, 0.1) is 0 Å². The smallest absolute Gasteiger partial charge is 0.127 e. The van der Waals surface area contributed by atoms with Gasteiger partial charge in [0.1, 0.15) is 11.6 Å². The van der Waals surface area contributed by atoms with Crippen LogP contribution in [0.5, 0.6) is 0 Å². The zero-order valence-corrected chi connectivity index (χ0v) is 11.3. The zero-order chi connectivity index (χ0) is 13.7. The standard InChI is InChI=1S/C14H21F2N3/c1-19-7-6-18-10-13(19)4-5-17-9-11-8-12(15)2-3-14(11)16/h2-3,8,13,17-18H,4-7,9-10H2,1H3. The predicted octanol–water partition coefficient (Wildman–Crippen LogP) is 1.35. The highest BCUT2D eigenvalue weighted by atomic mass is 19.1. The van der Waals surface area contributed by atoms with E-state index in [4.69, 9.17) is 0 Å². The first-order valence-electron chi connectivity index (χ1n) is 6.72. The Morgan fingerprint density at radius 3 is 3.05 bits per heavy atom. The third-order valence-corrected chi connectivity index (χ3v) is 3.62. The van der Waals surface area contributed by atoms with E-state index in [2.05, 4.69) is 22.6 Å². The molecule has 19 heavy (non-hydrogen) atoms. The first-order valence-corrected chi connectivity index (χ1v) is 6.72. The number of nitrogens with zero attached hydrogens (tertiary/aromatic N) is 1. The zero-order valence-electron chi connectivity index (χ0n) is 11.3. The fourth-order valence-electron chi connectivity index (χ4n) is 2.36. The molecule has 0 bridgehead atoms. The Hall–Kier alpha value is -1.04. The van der Waals surface area contributed by atoms with Gasteiger partial charge in [0.15, 0.2) is 0 Å². The lowest BCUT2D eigenvalue weighted by Crippen LogP contribution is -2.50. The van der Waals surface area contributed by atoms with E-state index in [-0.39, 0.29) is 5.82 Å². The maximum absolute atomic E-state index is 13.4. The van der Waals surface area contributed by atoms with Gasteiger partial charge in [0, 0.05) is 37.8 Å². The molecule has 0 spiro atoms. The highest BCUT2D eigenvalue weighted by molar-refractivity contribution is 5.18. The molecule has 1 aliphatic rings. The summed E-state index contributed by atoms with van der Waals surface area (Å²) >= 11 is 0. The van der Waals surface area contributed by atoms with Gasteiger partial charge < -0.3 is 15.5 Å². The summed E-state index contributed by atoms with van der Waals surface area (Å²) in [5.74, 6) is -0.750. The highest BCUT2D eigenvalue weighted by Gasteiger charge is 2.17. The number of likely N-dealkylation sites (N-methyl/N-ethyl adjacent to an activating group) is 1. The molecular weight excluding hydrogens is 248 g/mol. The van der Waals surface area contributed by atoms with Crippen LogP contribution in [0.15, 0.2) is 18.2 Å². The molecule has 1 fully saturated rings. The molecule has 1 saturated heterocycles. The number of hydrogen-bond acceptors (Lipinski definition) is 3. The van der Waals surface area contributed by atoms with Gasteiger partial charge in [-0.25, -0.2) is 8.78 Å². The SMILES string of the molecule is CN1CCNCC1CCNCc1cc(F)ccc1F. The number of piperazine rings is 1. The maximum atomic E-state index is 13.4. The average Bonchev–Trinajstić information content (AvgIpc) is 2.40. The van der Waals surface area contributed by atoms with E-state index in [1.54, 1.807) is 0 Å². The van der Waals surface area contributed by atoms with Gasteiger partial charge in [-0.3, -0.25) is 0 Å². The van der Waals surface area contributed by atoms with Crippen molar-refractivity contribution in [1.29, 1.82) is 0 Å². The van der Waals surface area contributed by atoms with Crippen LogP contribution in [-0.2, 0) is 6.54 Å². The fourth-order valence-corrected chi connectivity index (χ4v) is 2.36. The molecule has 106 valence electrons. The molecule has 5 heteroatoms. The van der Waals surface area contributed by atoms with Crippen molar-refractivity contribution in [2.24, 2.45) is 0 Å². The second-order valence-corrected chi connectivity index (χ2v) is 5.04. The second kappa shape index (κ2) is 6.93. The molecule has 3 nitrogen and oxygen atoms in total. The Kier molecular flexibility index (Phi) is 5.24. The summed E-state index contributed by atoms with van der Waals surface area (Å²) in [7, 11) is 2.12. The average molecular weight is 269 g/mol. The van der Waals surface area contributed by atoms with Crippen LogP contribution in [0.3, 0.4) is 0 Å². The molecule has 2 N–H and O–H groups in total. The van der Waals surface area contributed by atoms with Gasteiger partial charge >= 0.3 is 0 Å². The van der Waals surface area contributed by atoms with Crippen molar-refractivity contribution < 1.29 is 8.78 Å². The highest BCUT2D eigenvalue weighted by Crippen LogP contribution is 2.09. The summed E-state index contributed by atoms with van der Waals surface area (Å²) in [6.07, 6.45) is 1.00. The summed E-state index contributed by atoms with van der Waals surface area (Å²) in [5, 5.41) is 6.54. The Balaban J connectivity index is 1.73. The number of nitrogens with one attached hydrogen (secondary N) is 2. The Bertz CT molecular complexity index is 412. The second-order valence-electron chi connectivity index (χ2n) is 5.04. The van der Waals surface area contributed by atoms with Gasteiger partial charge in [-0.15, -0.1) is 0 Å². The number of halogens is 2. The van der Waals surface area contributed by atoms with E-state index in [0.717, 1.165) is 38.7 Å². The van der Waals surface area contributed by atoms with Crippen LogP contribution < -0.4 is 10.6 Å². The minimum Gasteiger partial charge on any atom is -0.314 e. The molecule has 1 aromatic rings. The van der Waals surface area contributed by atoms with E-state index in [0.29, 0.717) is 18.2 Å². The molecule has 1 atom stereocenters. The van der Waals surface area contributed by atoms with Crippen molar-refractivity contribution in [2.75, 3.05) is 33.2 Å². The van der Waals surface area contributed by atoms with Crippen molar-refractivity contribution in [2.45, 2.75) is 19.0 Å². The van der Waals surface area contributed by atoms with Crippen LogP contribution in [0, 0.1) is 11.6 Å². The quantitative estimate of drug-likeness (QED) is 0.790. The van der Waals surface area contributed by atoms with Crippen LogP contribution in [0.4, 0.5) is 8.78 Å². The molecule has 2 rings (SSSR count). The Morgan fingerprint density at radius 2 is 2.26 bits per heavy atom. The van der Waals surface area contributed by atoms with Crippen molar-refractivity contribution in [3.05, 3.63) is 35.4 Å². The molecule has 0 saturated carbocycles. The summed E-state index contributed by atoms with van der Waals surface area (Å²) in [6, 6.07) is 4.07. The minimum atomic E-state index is -0.394. The summed E-state index contributed by atoms with van der Waals surface area (Å²) in [5.41, 5.74) is 0.384. The lowest BCUT2D eigenvalue weighted by Gasteiger charge is -2.33. The first-order chi connectivity index (χ1) is 9.16. The lowest BCUT2D eigenvalue weighted by atomic mass is 10.1. The topological polar surface area (TPSA) is 27.3 Å². The molecule has 1 unspecified atom stereocenters. The molecule has 1 heterocycles. The van der Waals surface area contributed by atoms with E-state index < -0.39 is 5.82 Å². The summed E-state index contributed by atoms with van der Waals surface area (Å²) < 4.78 is 26.4. The number of hydrogen-bond donors (Lipinski definition) is 2. The fraction of sp³-hybridized carbons (Fsp3) is 0.571. The monoisotopic (exact) mass is 269 g/mol. The van der Waals surface area contributed by atoms with Gasteiger partial charge in [0.2, 0.25) is 0 Å². The van der Waals surface area contributed by atoms with Gasteiger partial charge in [-0.1, -0.05) is 0 Å². The predicted molar refractivity (Wildman–Crippen MR) is 72.0 cm³/mol. The third-order valence-electron chi connectivity index (χ3n) is 3.62. The summed E-state index contributed by atoms with van der Waals surface area (Å²) in [4.78, 5) is 2.33. The number of benzene rings is 1. The van der Waals surface area contributed by atoms with Crippen LogP contribution in [0.2, 0.25) is 0 Å². The van der Waals surface area contributed by atoms with Gasteiger partial charge in [-0.05, 0) is 38.2 Å². The van der Waals surface area contributed by atoms with Crippen molar-refractivity contribution in [3.63, 3.8) is 0 Å². The van der Waals surface area contributed by atoms with Crippen LogP contribution in [0.25, 0.3) is 0 Å². The lowest BCUT2D eigenvalue weighted by molar-refractivity contribution is 0.189. The molecule has 0 aromatic heterocycles. The van der Waals surface area contributed by atoms with E-state index >= 15 is 0 Å².